The van der Waals surface area contributed by atoms with Crippen LogP contribution in [-0.4, -0.2) is 21.1 Å². The number of rotatable bonds is 9. The summed E-state index contributed by atoms with van der Waals surface area (Å²) < 4.78 is 0. The van der Waals surface area contributed by atoms with Crippen LogP contribution in [0.25, 0.3) is 5.57 Å². The Balaban J connectivity index is 2.93. The summed E-state index contributed by atoms with van der Waals surface area (Å²) in [5.41, 5.74) is 1.75. The first kappa shape index (κ1) is 20.1. The SMILES string of the molecule is CCCCCCCCC(=O)c1c(O)cc(O)c(C(C)=C(C)C)c1O. The molecule has 3 N–H and O–H groups in total. The predicted molar refractivity (Wildman–Crippen MR) is 97.7 cm³/mol. The van der Waals surface area contributed by atoms with Crippen molar-refractivity contribution in [1.29, 1.82) is 0 Å². The minimum absolute atomic E-state index is 0.0861. The Hall–Kier alpha value is -1.97. The van der Waals surface area contributed by atoms with Gasteiger partial charge >= 0.3 is 0 Å². The first-order valence-corrected chi connectivity index (χ1v) is 8.76. The van der Waals surface area contributed by atoms with Crippen LogP contribution in [0, 0.1) is 0 Å². The molecule has 4 nitrogen and oxygen atoms in total. The number of ketones is 1. The van der Waals surface area contributed by atoms with E-state index in [1.807, 2.05) is 13.8 Å². The number of unbranched alkanes of at least 4 members (excludes halogenated alkanes) is 5. The van der Waals surface area contributed by atoms with Gasteiger partial charge in [0.1, 0.15) is 22.8 Å². The van der Waals surface area contributed by atoms with E-state index < -0.39 is 0 Å². The molecule has 4 heteroatoms. The zero-order valence-corrected chi connectivity index (χ0v) is 15.3. The molecule has 1 aromatic carbocycles. The van der Waals surface area contributed by atoms with Gasteiger partial charge in [-0.15, -0.1) is 0 Å². The van der Waals surface area contributed by atoms with Crippen LogP contribution in [0.2, 0.25) is 0 Å². The molecule has 0 spiro atoms. The molecular formula is C20H30O4. The van der Waals surface area contributed by atoms with Crippen molar-refractivity contribution in [1.82, 2.24) is 0 Å². The Morgan fingerprint density at radius 2 is 1.42 bits per heavy atom. The van der Waals surface area contributed by atoms with Crippen molar-refractivity contribution in [3.8, 4) is 17.2 Å². The van der Waals surface area contributed by atoms with Crippen molar-refractivity contribution in [2.75, 3.05) is 0 Å². The maximum atomic E-state index is 12.4. The molecule has 0 heterocycles. The van der Waals surface area contributed by atoms with Gasteiger partial charge in [0.05, 0.1) is 5.56 Å². The summed E-state index contributed by atoms with van der Waals surface area (Å²) in [6.07, 6.45) is 6.64. The zero-order chi connectivity index (χ0) is 18.3. The first-order valence-electron chi connectivity index (χ1n) is 8.76. The van der Waals surface area contributed by atoms with E-state index in [-0.39, 0.29) is 40.6 Å². The van der Waals surface area contributed by atoms with Gasteiger partial charge in [-0.05, 0) is 32.8 Å². The van der Waals surface area contributed by atoms with E-state index in [0.717, 1.165) is 30.9 Å². The molecule has 1 rings (SSSR count). The van der Waals surface area contributed by atoms with Gasteiger partial charge in [-0.1, -0.05) is 44.6 Å². The van der Waals surface area contributed by atoms with Crippen LogP contribution in [0.1, 0.15) is 88.6 Å². The summed E-state index contributed by atoms with van der Waals surface area (Å²) in [7, 11) is 0. The minimum atomic E-state index is -0.369. The molecule has 0 fully saturated rings. The lowest BCUT2D eigenvalue weighted by Crippen LogP contribution is -2.02. The second kappa shape index (κ2) is 9.36. The smallest absolute Gasteiger partial charge is 0.170 e. The molecule has 0 atom stereocenters. The highest BCUT2D eigenvalue weighted by molar-refractivity contribution is 6.03. The molecule has 0 saturated carbocycles. The van der Waals surface area contributed by atoms with Crippen LogP contribution in [0.15, 0.2) is 11.6 Å². The highest BCUT2D eigenvalue weighted by Crippen LogP contribution is 2.42. The molecule has 0 aliphatic rings. The number of benzene rings is 1. The van der Waals surface area contributed by atoms with E-state index in [1.165, 1.54) is 19.3 Å². The summed E-state index contributed by atoms with van der Waals surface area (Å²) in [4.78, 5) is 12.4. The average molecular weight is 334 g/mol. The zero-order valence-electron chi connectivity index (χ0n) is 15.3. The van der Waals surface area contributed by atoms with Crippen molar-refractivity contribution in [2.24, 2.45) is 0 Å². The fourth-order valence-corrected chi connectivity index (χ4v) is 2.73. The molecule has 0 aliphatic carbocycles. The van der Waals surface area contributed by atoms with Crippen molar-refractivity contribution in [2.45, 2.75) is 72.6 Å². The topological polar surface area (TPSA) is 77.8 Å². The largest absolute Gasteiger partial charge is 0.507 e. The van der Waals surface area contributed by atoms with Gasteiger partial charge in [0, 0.05) is 12.5 Å². The van der Waals surface area contributed by atoms with Crippen molar-refractivity contribution >= 4 is 11.4 Å². The highest BCUT2D eigenvalue weighted by atomic mass is 16.3. The monoisotopic (exact) mass is 334 g/mol. The third-order valence-electron chi connectivity index (χ3n) is 4.42. The lowest BCUT2D eigenvalue weighted by molar-refractivity contribution is 0.0973. The number of aromatic hydroxyl groups is 3. The molecule has 0 amide bonds. The van der Waals surface area contributed by atoms with Gasteiger partial charge in [-0.3, -0.25) is 4.79 Å². The number of Topliss-reactive ketones (excluding diaryl/α,β-unsaturated/α-hetero) is 1. The van der Waals surface area contributed by atoms with Gasteiger partial charge < -0.3 is 15.3 Å². The number of carbonyl (C=O) groups excluding carboxylic acids is 1. The molecule has 134 valence electrons. The Labute approximate surface area is 144 Å². The number of phenols is 3. The second-order valence-corrected chi connectivity index (χ2v) is 6.58. The maximum Gasteiger partial charge on any atom is 0.170 e. The molecule has 24 heavy (non-hydrogen) atoms. The van der Waals surface area contributed by atoms with E-state index in [4.69, 9.17) is 0 Å². The fourth-order valence-electron chi connectivity index (χ4n) is 2.73. The molecule has 0 bridgehead atoms. The van der Waals surface area contributed by atoms with Crippen LogP contribution in [0.4, 0.5) is 0 Å². The van der Waals surface area contributed by atoms with Gasteiger partial charge in [0.15, 0.2) is 5.78 Å². The third kappa shape index (κ3) is 5.02. The summed E-state index contributed by atoms with van der Waals surface area (Å²) in [5.74, 6) is -1.21. The van der Waals surface area contributed by atoms with Crippen LogP contribution >= 0.6 is 0 Å². The van der Waals surface area contributed by atoms with Crippen molar-refractivity contribution in [3.63, 3.8) is 0 Å². The third-order valence-corrected chi connectivity index (χ3v) is 4.42. The van der Waals surface area contributed by atoms with Crippen molar-refractivity contribution < 1.29 is 20.1 Å². The van der Waals surface area contributed by atoms with Crippen LogP contribution in [0.5, 0.6) is 17.2 Å². The molecule has 0 radical (unpaired) electrons. The summed E-state index contributed by atoms with van der Waals surface area (Å²) in [6, 6.07) is 1.13. The van der Waals surface area contributed by atoms with E-state index in [9.17, 15) is 20.1 Å². The van der Waals surface area contributed by atoms with Gasteiger partial charge in [0.2, 0.25) is 0 Å². The highest BCUT2D eigenvalue weighted by Gasteiger charge is 2.23. The van der Waals surface area contributed by atoms with Crippen LogP contribution in [-0.2, 0) is 0 Å². The lowest BCUT2D eigenvalue weighted by atomic mass is 9.94. The van der Waals surface area contributed by atoms with Gasteiger partial charge in [-0.25, -0.2) is 0 Å². The summed E-state index contributed by atoms with van der Waals surface area (Å²) in [5, 5.41) is 30.5. The molecule has 0 saturated heterocycles. The summed E-state index contributed by atoms with van der Waals surface area (Å²) in [6.45, 7) is 7.65. The Kier molecular flexibility index (Phi) is 7.83. The second-order valence-electron chi connectivity index (χ2n) is 6.58. The standard InChI is InChI=1S/C20H30O4/c1-5-6-7-8-9-10-11-15(21)19-17(23)12-16(22)18(20(19)24)14(4)13(2)3/h12,22-24H,5-11H2,1-4H3. The maximum absolute atomic E-state index is 12.4. The predicted octanol–water partition coefficient (Wildman–Crippen LogP) is 5.55. The Morgan fingerprint density at radius 1 is 0.875 bits per heavy atom. The summed E-state index contributed by atoms with van der Waals surface area (Å²) >= 11 is 0. The van der Waals surface area contributed by atoms with E-state index in [1.54, 1.807) is 6.92 Å². The molecule has 0 unspecified atom stereocenters. The van der Waals surface area contributed by atoms with E-state index in [0.29, 0.717) is 5.57 Å². The van der Waals surface area contributed by atoms with Crippen LogP contribution < -0.4 is 0 Å². The van der Waals surface area contributed by atoms with E-state index >= 15 is 0 Å². The van der Waals surface area contributed by atoms with E-state index in [2.05, 4.69) is 6.92 Å². The molecule has 0 aromatic heterocycles. The van der Waals surface area contributed by atoms with Gasteiger partial charge in [-0.2, -0.15) is 0 Å². The number of phenolic OH excluding ortho intramolecular Hbond substituents is 3. The molecular weight excluding hydrogens is 304 g/mol. The number of allylic oxidation sites excluding steroid dienone is 2. The number of hydrogen-bond donors (Lipinski definition) is 3. The van der Waals surface area contributed by atoms with Crippen molar-refractivity contribution in [3.05, 3.63) is 22.8 Å². The average Bonchev–Trinajstić information content (AvgIpc) is 2.49. The molecule has 1 aromatic rings. The first-order chi connectivity index (χ1) is 11.3. The molecule has 0 aliphatic heterocycles. The fraction of sp³-hybridized carbons (Fsp3) is 0.550. The van der Waals surface area contributed by atoms with Crippen LogP contribution in [0.3, 0.4) is 0 Å². The number of hydrogen-bond acceptors (Lipinski definition) is 4. The minimum Gasteiger partial charge on any atom is -0.507 e. The van der Waals surface area contributed by atoms with Gasteiger partial charge in [0.25, 0.3) is 0 Å². The Morgan fingerprint density at radius 3 is 2.00 bits per heavy atom. The quantitative estimate of drug-likeness (QED) is 0.408. The normalized spacial score (nSPS) is 10.7. The Bertz CT molecular complexity index is 611. The lowest BCUT2D eigenvalue weighted by Gasteiger charge is -2.14. The number of carbonyl (C=O) groups is 1.